The van der Waals surface area contributed by atoms with E-state index in [1.807, 2.05) is 133 Å². The van der Waals surface area contributed by atoms with Crippen molar-refractivity contribution in [3.8, 4) is 61.9 Å². The fourth-order valence-corrected chi connectivity index (χ4v) is 6.90. The van der Waals surface area contributed by atoms with Crippen LogP contribution in [-0.2, 0) is 0 Å². The van der Waals surface area contributed by atoms with Crippen LogP contribution in [-0.4, -0.2) is 19.9 Å². The molecule has 3 aromatic heterocycles. The highest BCUT2D eigenvalue weighted by Crippen LogP contribution is 2.45. The van der Waals surface area contributed by atoms with Crippen molar-refractivity contribution < 1.29 is 0 Å². The van der Waals surface area contributed by atoms with Gasteiger partial charge in [-0.05, 0) is 11.6 Å². The predicted molar refractivity (Wildman–Crippen MR) is 182 cm³/mol. The van der Waals surface area contributed by atoms with E-state index in [-0.39, 0.29) is 0 Å². The van der Waals surface area contributed by atoms with Crippen molar-refractivity contribution in [3.05, 3.63) is 145 Å². The van der Waals surface area contributed by atoms with E-state index in [9.17, 15) is 5.26 Å². The van der Waals surface area contributed by atoms with E-state index in [2.05, 4.69) is 12.1 Å². The topological polar surface area (TPSA) is 75.3 Å². The lowest BCUT2D eigenvalue weighted by molar-refractivity contribution is 1.07. The maximum Gasteiger partial charge on any atom is 0.164 e. The SMILES string of the molecule is N#Cc1c(-c2ccc(-c3nc(-c4ccccc4)nc(-c4ccccc4)n3)cc2)sc2c1c(-c1ccccc1)nc1ccccc12. The molecule has 8 aromatic rings. The lowest BCUT2D eigenvalue weighted by Crippen LogP contribution is -2.00. The minimum atomic E-state index is 0.590. The van der Waals surface area contributed by atoms with Gasteiger partial charge in [-0.3, -0.25) is 0 Å². The molecule has 45 heavy (non-hydrogen) atoms. The summed E-state index contributed by atoms with van der Waals surface area (Å²) in [6, 6.07) is 48.8. The molecule has 0 saturated heterocycles. The zero-order valence-corrected chi connectivity index (χ0v) is 24.7. The molecule has 8 rings (SSSR count). The molecule has 5 aromatic carbocycles. The van der Waals surface area contributed by atoms with Crippen molar-refractivity contribution in [2.24, 2.45) is 0 Å². The fraction of sp³-hybridized carbons (Fsp3) is 0. The Balaban J connectivity index is 1.27. The zero-order chi connectivity index (χ0) is 30.2. The summed E-state index contributed by atoms with van der Waals surface area (Å²) in [6.07, 6.45) is 0. The number of para-hydroxylation sites is 1. The Morgan fingerprint density at radius 3 is 1.49 bits per heavy atom. The second-order valence-electron chi connectivity index (χ2n) is 10.6. The first-order chi connectivity index (χ1) is 22.3. The summed E-state index contributed by atoms with van der Waals surface area (Å²) in [6.45, 7) is 0. The van der Waals surface area contributed by atoms with E-state index in [1.54, 1.807) is 11.3 Å². The lowest BCUT2D eigenvalue weighted by Gasteiger charge is -2.09. The van der Waals surface area contributed by atoms with E-state index < -0.39 is 0 Å². The van der Waals surface area contributed by atoms with Crippen molar-refractivity contribution in [2.45, 2.75) is 0 Å². The number of hydrogen-bond donors (Lipinski definition) is 0. The van der Waals surface area contributed by atoms with E-state index in [4.69, 9.17) is 19.9 Å². The van der Waals surface area contributed by atoms with Crippen LogP contribution in [0.5, 0.6) is 0 Å². The molecule has 0 aliphatic carbocycles. The Morgan fingerprint density at radius 1 is 0.467 bits per heavy atom. The van der Waals surface area contributed by atoms with Gasteiger partial charge in [0.1, 0.15) is 6.07 Å². The molecule has 0 N–H and O–H groups in total. The van der Waals surface area contributed by atoms with Gasteiger partial charge in [0.25, 0.3) is 0 Å². The standard InChI is InChI=1S/C39H23N5S/c40-24-31-33-34(25-12-4-1-5-13-25)41-32-19-11-10-18-30(32)36(33)45-35(31)26-20-22-29(23-21-26)39-43-37(27-14-6-2-7-15-27)42-38(44-39)28-16-8-3-9-17-28/h1-23H. The second-order valence-corrected chi connectivity index (χ2v) is 11.6. The molecule has 210 valence electrons. The van der Waals surface area contributed by atoms with E-state index in [0.29, 0.717) is 23.0 Å². The van der Waals surface area contributed by atoms with Gasteiger partial charge < -0.3 is 0 Å². The summed E-state index contributed by atoms with van der Waals surface area (Å²) < 4.78 is 1.06. The maximum atomic E-state index is 10.5. The van der Waals surface area contributed by atoms with Crippen molar-refractivity contribution in [2.75, 3.05) is 0 Å². The summed E-state index contributed by atoms with van der Waals surface area (Å²) in [5, 5.41) is 12.5. The first kappa shape index (κ1) is 26.6. The number of nitrogens with zero attached hydrogens (tertiary/aromatic N) is 5. The van der Waals surface area contributed by atoms with Gasteiger partial charge in [-0.2, -0.15) is 5.26 Å². The van der Waals surface area contributed by atoms with Crippen LogP contribution in [0.2, 0.25) is 0 Å². The molecule has 0 aliphatic rings. The van der Waals surface area contributed by atoms with Gasteiger partial charge >= 0.3 is 0 Å². The molecule has 0 amide bonds. The van der Waals surface area contributed by atoms with Crippen LogP contribution >= 0.6 is 11.3 Å². The first-order valence-corrected chi connectivity index (χ1v) is 15.4. The van der Waals surface area contributed by atoms with Gasteiger partial charge in [0.15, 0.2) is 17.5 Å². The third kappa shape index (κ3) is 4.82. The summed E-state index contributed by atoms with van der Waals surface area (Å²) in [5.41, 5.74) is 7.04. The molecule has 3 heterocycles. The molecule has 0 spiro atoms. The Morgan fingerprint density at radius 2 is 0.933 bits per heavy atom. The Bertz CT molecular complexity index is 2300. The number of thiophene rings is 1. The highest BCUT2D eigenvalue weighted by Gasteiger charge is 2.21. The molecule has 0 radical (unpaired) electrons. The summed E-state index contributed by atoms with van der Waals surface area (Å²) in [7, 11) is 0. The third-order valence-electron chi connectivity index (χ3n) is 7.79. The van der Waals surface area contributed by atoms with Crippen molar-refractivity contribution in [1.82, 2.24) is 19.9 Å². The average molecular weight is 594 g/mol. The molecule has 0 atom stereocenters. The van der Waals surface area contributed by atoms with Crippen molar-refractivity contribution in [3.63, 3.8) is 0 Å². The molecule has 5 nitrogen and oxygen atoms in total. The highest BCUT2D eigenvalue weighted by atomic mass is 32.1. The normalized spacial score (nSPS) is 11.1. The van der Waals surface area contributed by atoms with Crippen molar-refractivity contribution in [1.29, 1.82) is 5.26 Å². The molecule has 0 saturated carbocycles. The highest BCUT2D eigenvalue weighted by molar-refractivity contribution is 7.23. The van der Waals surface area contributed by atoms with Crippen LogP contribution in [0.3, 0.4) is 0 Å². The molecular weight excluding hydrogens is 571 g/mol. The van der Waals surface area contributed by atoms with Crippen LogP contribution < -0.4 is 0 Å². The van der Waals surface area contributed by atoms with Crippen LogP contribution in [0.1, 0.15) is 5.56 Å². The summed E-state index contributed by atoms with van der Waals surface area (Å²) in [5.74, 6) is 1.83. The number of pyridine rings is 1. The largest absolute Gasteiger partial charge is 0.247 e. The lowest BCUT2D eigenvalue weighted by atomic mass is 10.00. The number of rotatable bonds is 5. The monoisotopic (exact) mass is 593 g/mol. The Labute approximate surface area is 263 Å². The van der Waals surface area contributed by atoms with Crippen molar-refractivity contribution >= 4 is 32.3 Å². The number of nitriles is 1. The number of aromatic nitrogens is 4. The van der Waals surface area contributed by atoms with Crippen LogP contribution in [0, 0.1) is 11.3 Å². The predicted octanol–water partition coefficient (Wildman–Crippen LogP) is 9.84. The first-order valence-electron chi connectivity index (χ1n) is 14.6. The summed E-state index contributed by atoms with van der Waals surface area (Å²) in [4.78, 5) is 20.5. The van der Waals surface area contributed by atoms with Gasteiger partial charge in [-0.15, -0.1) is 11.3 Å². The average Bonchev–Trinajstić information content (AvgIpc) is 3.52. The van der Waals surface area contributed by atoms with E-state index >= 15 is 0 Å². The third-order valence-corrected chi connectivity index (χ3v) is 9.06. The number of hydrogen-bond acceptors (Lipinski definition) is 6. The molecule has 0 bridgehead atoms. The second kappa shape index (κ2) is 11.2. The number of fused-ring (bicyclic) bond motifs is 3. The summed E-state index contributed by atoms with van der Waals surface area (Å²) >= 11 is 1.64. The molecular formula is C39H23N5S. The fourth-order valence-electron chi connectivity index (χ4n) is 5.61. The molecule has 0 unspecified atom stereocenters. The van der Waals surface area contributed by atoms with E-state index in [1.165, 1.54) is 0 Å². The van der Waals surface area contributed by atoms with Crippen LogP contribution in [0.4, 0.5) is 0 Å². The molecule has 6 heteroatoms. The zero-order valence-electron chi connectivity index (χ0n) is 23.9. The minimum absolute atomic E-state index is 0.590. The minimum Gasteiger partial charge on any atom is -0.247 e. The van der Waals surface area contributed by atoms with Gasteiger partial charge in [0.2, 0.25) is 0 Å². The number of benzene rings is 5. The van der Waals surface area contributed by atoms with Gasteiger partial charge in [0.05, 0.1) is 21.7 Å². The van der Waals surface area contributed by atoms with Crippen LogP contribution in [0.15, 0.2) is 140 Å². The van der Waals surface area contributed by atoms with Gasteiger partial charge in [-0.25, -0.2) is 19.9 Å². The van der Waals surface area contributed by atoms with E-state index in [0.717, 1.165) is 59.4 Å². The Hall–Kier alpha value is -6.03. The Kier molecular flexibility index (Phi) is 6.64. The molecule has 0 fully saturated rings. The quantitative estimate of drug-likeness (QED) is 0.199. The van der Waals surface area contributed by atoms with Gasteiger partial charge in [-0.1, -0.05) is 133 Å². The maximum absolute atomic E-state index is 10.5. The smallest absolute Gasteiger partial charge is 0.164 e. The van der Waals surface area contributed by atoms with Gasteiger partial charge in [0, 0.05) is 37.7 Å². The molecule has 0 aliphatic heterocycles. The van der Waals surface area contributed by atoms with Crippen LogP contribution in [0.25, 0.3) is 76.9 Å².